The van der Waals surface area contributed by atoms with Gasteiger partial charge < -0.3 is 15.7 Å². The summed E-state index contributed by atoms with van der Waals surface area (Å²) in [5, 5.41) is 20.3. The van der Waals surface area contributed by atoms with E-state index in [1.807, 2.05) is 0 Å². The molecule has 0 radical (unpaired) electrons. The number of rotatable bonds is 4. The van der Waals surface area contributed by atoms with Crippen molar-refractivity contribution in [2.75, 3.05) is 11.9 Å². The van der Waals surface area contributed by atoms with Crippen LogP contribution in [0.3, 0.4) is 0 Å². The largest absolute Gasteiger partial charge is 0.384 e. The molecule has 1 saturated carbocycles. The lowest BCUT2D eigenvalue weighted by Crippen LogP contribution is -2.33. The Morgan fingerprint density at radius 3 is 2.76 bits per heavy atom. The van der Waals surface area contributed by atoms with Crippen LogP contribution in [0.4, 0.5) is 11.6 Å². The molecule has 4 N–H and O–H groups in total. The van der Waals surface area contributed by atoms with Gasteiger partial charge >= 0.3 is 0 Å². The molecule has 1 aromatic carbocycles. The van der Waals surface area contributed by atoms with E-state index in [-0.39, 0.29) is 18.0 Å². The van der Waals surface area contributed by atoms with Crippen molar-refractivity contribution in [1.82, 2.24) is 30.0 Å². The standard InChI is InChI=1S/C24H25N7O2.ClH/c1-23(2,33)18-4-3-5-19(28-18)31-20-16(21(32)30-31)12-26-22(29-20)27-15-6-7-17-14(10-15)11-25-13-24(17)8-9-24;/h3-7,10,12,25,33H,8-9,11,13H2,1-2H3,(H,30,32)(H,26,27,29);1H. The first-order valence-corrected chi connectivity index (χ1v) is 11.1. The van der Waals surface area contributed by atoms with E-state index >= 15 is 0 Å². The smallest absolute Gasteiger partial charge is 0.275 e. The lowest BCUT2D eigenvalue weighted by molar-refractivity contribution is 0.0738. The summed E-state index contributed by atoms with van der Waals surface area (Å²) in [5.74, 6) is 0.847. The molecule has 1 aliphatic carbocycles. The fraction of sp³-hybridized carbons (Fsp3) is 0.333. The topological polar surface area (TPSA) is 121 Å². The van der Waals surface area contributed by atoms with Crippen molar-refractivity contribution >= 4 is 35.1 Å². The number of H-pyrrole nitrogens is 1. The number of hydrogen-bond acceptors (Lipinski definition) is 7. The van der Waals surface area contributed by atoms with Crippen molar-refractivity contribution < 1.29 is 5.11 Å². The van der Waals surface area contributed by atoms with Crippen molar-refractivity contribution in [3.63, 3.8) is 0 Å². The Bertz CT molecular complexity index is 1450. The average Bonchev–Trinajstić information content (AvgIpc) is 3.48. The molecule has 10 heteroatoms. The molecular formula is C24H26ClN7O2. The first-order valence-electron chi connectivity index (χ1n) is 11.1. The second-order valence-corrected chi connectivity index (χ2v) is 9.53. The summed E-state index contributed by atoms with van der Waals surface area (Å²) in [7, 11) is 0. The summed E-state index contributed by atoms with van der Waals surface area (Å²) in [5.41, 5.74) is 3.46. The predicted molar refractivity (Wildman–Crippen MR) is 132 cm³/mol. The number of nitrogens with zero attached hydrogens (tertiary/aromatic N) is 4. The number of anilines is 2. The number of aromatic amines is 1. The molecule has 3 aromatic heterocycles. The molecule has 1 fully saturated rings. The zero-order valence-electron chi connectivity index (χ0n) is 18.9. The molecule has 1 spiro atoms. The number of nitrogens with one attached hydrogen (secondary N) is 3. The van der Waals surface area contributed by atoms with Gasteiger partial charge in [-0.05, 0) is 62.1 Å². The molecule has 9 nitrogen and oxygen atoms in total. The maximum Gasteiger partial charge on any atom is 0.275 e. The van der Waals surface area contributed by atoms with Gasteiger partial charge in [-0.1, -0.05) is 12.1 Å². The molecular weight excluding hydrogens is 454 g/mol. The molecule has 1 aliphatic heterocycles. The van der Waals surface area contributed by atoms with Crippen LogP contribution >= 0.6 is 12.4 Å². The zero-order valence-corrected chi connectivity index (χ0v) is 19.7. The highest BCUT2D eigenvalue weighted by molar-refractivity contribution is 5.85. The Morgan fingerprint density at radius 1 is 1.18 bits per heavy atom. The highest BCUT2D eigenvalue weighted by Crippen LogP contribution is 2.50. The summed E-state index contributed by atoms with van der Waals surface area (Å²) in [6.45, 7) is 5.24. The monoisotopic (exact) mass is 479 g/mol. The van der Waals surface area contributed by atoms with Gasteiger partial charge in [-0.3, -0.25) is 9.89 Å². The summed E-state index contributed by atoms with van der Waals surface area (Å²) in [4.78, 5) is 26.0. The third-order valence-electron chi connectivity index (χ3n) is 6.59. The van der Waals surface area contributed by atoms with Gasteiger partial charge in [0.2, 0.25) is 5.95 Å². The maximum absolute atomic E-state index is 12.5. The van der Waals surface area contributed by atoms with Gasteiger partial charge in [0.05, 0.1) is 5.69 Å². The minimum Gasteiger partial charge on any atom is -0.384 e. The molecule has 0 bridgehead atoms. The maximum atomic E-state index is 12.5. The molecule has 2 aliphatic rings. The predicted octanol–water partition coefficient (Wildman–Crippen LogP) is 3.03. The summed E-state index contributed by atoms with van der Waals surface area (Å²) in [6.07, 6.45) is 4.00. The first-order chi connectivity index (χ1) is 15.8. The van der Waals surface area contributed by atoms with Crippen molar-refractivity contribution in [3.05, 3.63) is 69.8 Å². The van der Waals surface area contributed by atoms with Gasteiger partial charge in [0.1, 0.15) is 11.0 Å². The highest BCUT2D eigenvalue weighted by atomic mass is 35.5. The van der Waals surface area contributed by atoms with Gasteiger partial charge in [-0.25, -0.2) is 14.6 Å². The first kappa shape index (κ1) is 22.5. The molecule has 176 valence electrons. The van der Waals surface area contributed by atoms with Gasteiger partial charge in [0.15, 0.2) is 11.5 Å². The van der Waals surface area contributed by atoms with Gasteiger partial charge in [0.25, 0.3) is 5.56 Å². The Balaban J connectivity index is 0.00000241. The molecule has 0 amide bonds. The quantitative estimate of drug-likeness (QED) is 0.355. The van der Waals surface area contributed by atoms with Crippen LogP contribution in [0.15, 0.2) is 47.4 Å². The normalized spacial score (nSPS) is 16.2. The minimum absolute atomic E-state index is 0. The Labute approximate surface area is 202 Å². The van der Waals surface area contributed by atoms with Crippen LogP contribution in [0.1, 0.15) is 43.5 Å². The van der Waals surface area contributed by atoms with Crippen molar-refractivity contribution in [1.29, 1.82) is 0 Å². The molecule has 6 rings (SSSR count). The molecule has 34 heavy (non-hydrogen) atoms. The summed E-state index contributed by atoms with van der Waals surface area (Å²) < 4.78 is 1.52. The second-order valence-electron chi connectivity index (χ2n) is 9.53. The van der Waals surface area contributed by atoms with E-state index in [0.717, 1.165) is 18.8 Å². The van der Waals surface area contributed by atoms with Gasteiger partial charge in [0, 0.05) is 30.4 Å². The van der Waals surface area contributed by atoms with Crippen LogP contribution in [-0.2, 0) is 17.6 Å². The van der Waals surface area contributed by atoms with Crippen LogP contribution in [-0.4, -0.2) is 36.4 Å². The van der Waals surface area contributed by atoms with E-state index < -0.39 is 5.60 Å². The van der Waals surface area contributed by atoms with E-state index in [4.69, 9.17) is 0 Å². The van der Waals surface area contributed by atoms with Crippen LogP contribution in [0, 0.1) is 0 Å². The molecule has 0 saturated heterocycles. The van der Waals surface area contributed by atoms with Crippen molar-refractivity contribution in [2.45, 2.75) is 44.2 Å². The fourth-order valence-corrected chi connectivity index (χ4v) is 4.63. The number of pyridine rings is 1. The fourth-order valence-electron chi connectivity index (χ4n) is 4.63. The van der Waals surface area contributed by atoms with Crippen LogP contribution in [0.25, 0.3) is 16.9 Å². The number of halogens is 1. The Kier molecular flexibility index (Phi) is 5.23. The third-order valence-corrected chi connectivity index (χ3v) is 6.59. The molecule has 4 aromatic rings. The number of hydrogen-bond donors (Lipinski definition) is 4. The number of aliphatic hydroxyl groups is 1. The highest BCUT2D eigenvalue weighted by Gasteiger charge is 2.46. The van der Waals surface area contributed by atoms with E-state index in [0.29, 0.717) is 33.9 Å². The number of aromatic nitrogens is 5. The van der Waals surface area contributed by atoms with Crippen LogP contribution in [0.5, 0.6) is 0 Å². The van der Waals surface area contributed by atoms with Crippen molar-refractivity contribution in [2.24, 2.45) is 0 Å². The lowest BCUT2D eigenvalue weighted by atomic mass is 9.88. The Hall–Kier alpha value is -3.27. The van der Waals surface area contributed by atoms with E-state index in [1.54, 1.807) is 32.0 Å². The van der Waals surface area contributed by atoms with Crippen molar-refractivity contribution in [3.8, 4) is 5.82 Å². The van der Waals surface area contributed by atoms with Gasteiger partial charge in [-0.15, -0.1) is 12.4 Å². The number of benzene rings is 1. The molecule has 0 unspecified atom stereocenters. The minimum atomic E-state index is -1.11. The second kappa shape index (κ2) is 7.90. The third kappa shape index (κ3) is 3.75. The average molecular weight is 480 g/mol. The Morgan fingerprint density at radius 2 is 2.00 bits per heavy atom. The lowest BCUT2D eigenvalue weighted by Gasteiger charge is -2.26. The van der Waals surface area contributed by atoms with E-state index in [1.165, 1.54) is 34.8 Å². The van der Waals surface area contributed by atoms with E-state index in [2.05, 4.69) is 48.9 Å². The van der Waals surface area contributed by atoms with Crippen LogP contribution in [0.2, 0.25) is 0 Å². The summed E-state index contributed by atoms with van der Waals surface area (Å²) in [6, 6.07) is 11.7. The van der Waals surface area contributed by atoms with Crippen LogP contribution < -0.4 is 16.2 Å². The SMILES string of the molecule is CC(C)(O)c1cccc(-n2[nH]c(=O)c3cnc(Nc4ccc5c(c4)CNCC54CC4)nc32)n1.Cl. The van der Waals surface area contributed by atoms with Gasteiger partial charge in [-0.2, -0.15) is 4.98 Å². The molecule has 0 atom stereocenters. The number of fused-ring (bicyclic) bond motifs is 3. The molecule has 4 heterocycles. The zero-order chi connectivity index (χ0) is 22.8. The van der Waals surface area contributed by atoms with E-state index in [9.17, 15) is 9.90 Å². The summed E-state index contributed by atoms with van der Waals surface area (Å²) >= 11 is 0.